The molecule has 0 aliphatic rings. The molecule has 0 atom stereocenters. The summed E-state index contributed by atoms with van der Waals surface area (Å²) >= 11 is 0. The highest BCUT2D eigenvalue weighted by Gasteiger charge is 2.22. The Balaban J connectivity index is 3.56. The molecule has 0 saturated carbocycles. The van der Waals surface area contributed by atoms with Crippen molar-refractivity contribution in [3.8, 4) is 11.5 Å². The molecule has 1 rings (SSSR count). The minimum atomic E-state index is -0.300. The summed E-state index contributed by atoms with van der Waals surface area (Å²) in [6.07, 6.45) is 0. The molecule has 1 aromatic carbocycles. The maximum Gasteiger partial charge on any atom is 0.197 e. The molecule has 3 heteroatoms. The molecule has 0 aliphatic carbocycles. The summed E-state index contributed by atoms with van der Waals surface area (Å²) < 4.78 is 24.7. The topological polar surface area (TPSA) is 18.5 Å². The van der Waals surface area contributed by atoms with Crippen molar-refractivity contribution in [1.29, 1.82) is 0 Å². The van der Waals surface area contributed by atoms with Crippen LogP contribution in [0.5, 0.6) is 11.5 Å². The Morgan fingerprint density at radius 1 is 1.00 bits per heavy atom. The van der Waals surface area contributed by atoms with Crippen LogP contribution in [0.25, 0.3) is 0 Å². The van der Waals surface area contributed by atoms with Crippen molar-refractivity contribution in [2.24, 2.45) is 0 Å². The second-order valence-corrected chi connectivity index (χ2v) is 4.74. The second-order valence-electron chi connectivity index (χ2n) is 4.74. The number of methoxy groups -OCH3 is 2. The smallest absolute Gasteiger partial charge is 0.197 e. The van der Waals surface area contributed by atoms with Crippen LogP contribution in [0.4, 0.5) is 4.39 Å². The summed E-state index contributed by atoms with van der Waals surface area (Å²) in [4.78, 5) is 0. The van der Waals surface area contributed by atoms with Crippen molar-refractivity contribution in [3.63, 3.8) is 0 Å². The number of hydrogen-bond donors (Lipinski definition) is 0. The van der Waals surface area contributed by atoms with Gasteiger partial charge >= 0.3 is 0 Å². The Morgan fingerprint density at radius 3 is 1.94 bits per heavy atom. The molecule has 17 heavy (non-hydrogen) atoms. The van der Waals surface area contributed by atoms with Crippen LogP contribution >= 0.6 is 0 Å². The van der Waals surface area contributed by atoms with Gasteiger partial charge in [-0.05, 0) is 29.0 Å². The van der Waals surface area contributed by atoms with Crippen LogP contribution in [0.15, 0.2) is 6.07 Å². The monoisotopic (exact) mass is 240 g/mol. The minimum Gasteiger partial charge on any atom is -0.493 e. The largest absolute Gasteiger partial charge is 0.493 e. The van der Waals surface area contributed by atoms with E-state index in [0.717, 1.165) is 11.1 Å². The highest BCUT2D eigenvalue weighted by molar-refractivity contribution is 5.50. The van der Waals surface area contributed by atoms with Crippen LogP contribution in [-0.2, 0) is 0 Å². The third kappa shape index (κ3) is 2.54. The maximum absolute atomic E-state index is 14.4. The Hall–Kier alpha value is -1.25. The van der Waals surface area contributed by atoms with Gasteiger partial charge in [0, 0.05) is 0 Å². The van der Waals surface area contributed by atoms with E-state index >= 15 is 0 Å². The highest BCUT2D eigenvalue weighted by Crippen LogP contribution is 2.40. The van der Waals surface area contributed by atoms with E-state index < -0.39 is 0 Å². The third-order valence-corrected chi connectivity index (χ3v) is 2.88. The Labute approximate surface area is 103 Å². The van der Waals surface area contributed by atoms with Gasteiger partial charge in [0.2, 0.25) is 0 Å². The predicted octanol–water partition coefficient (Wildman–Crippen LogP) is 4.09. The van der Waals surface area contributed by atoms with Gasteiger partial charge in [-0.25, -0.2) is 4.39 Å². The van der Waals surface area contributed by atoms with Crippen molar-refractivity contribution in [3.05, 3.63) is 23.0 Å². The van der Waals surface area contributed by atoms with E-state index in [1.54, 1.807) is 0 Å². The van der Waals surface area contributed by atoms with Gasteiger partial charge in [0.15, 0.2) is 17.3 Å². The lowest BCUT2D eigenvalue weighted by Gasteiger charge is -2.20. The van der Waals surface area contributed by atoms with Crippen molar-refractivity contribution < 1.29 is 13.9 Å². The molecule has 2 nitrogen and oxygen atoms in total. The zero-order valence-electron chi connectivity index (χ0n) is 11.4. The van der Waals surface area contributed by atoms with E-state index in [0.29, 0.717) is 5.75 Å². The van der Waals surface area contributed by atoms with Gasteiger partial charge in [-0.1, -0.05) is 27.7 Å². The van der Waals surface area contributed by atoms with Gasteiger partial charge in [0.05, 0.1) is 14.2 Å². The maximum atomic E-state index is 14.4. The average molecular weight is 240 g/mol. The van der Waals surface area contributed by atoms with Crippen LogP contribution in [-0.4, -0.2) is 14.2 Å². The van der Waals surface area contributed by atoms with Crippen molar-refractivity contribution in [2.75, 3.05) is 14.2 Å². The van der Waals surface area contributed by atoms with Gasteiger partial charge in [-0.15, -0.1) is 0 Å². The zero-order valence-corrected chi connectivity index (χ0v) is 11.4. The molecule has 0 spiro atoms. The fraction of sp³-hybridized carbons (Fsp3) is 0.571. The van der Waals surface area contributed by atoms with E-state index in [9.17, 15) is 4.39 Å². The summed E-state index contributed by atoms with van der Waals surface area (Å²) in [6.45, 7) is 8.06. The minimum absolute atomic E-state index is 0.118. The van der Waals surface area contributed by atoms with Crippen LogP contribution in [0.2, 0.25) is 0 Å². The molecule has 0 saturated heterocycles. The zero-order chi connectivity index (χ0) is 13.2. The number of ether oxygens (including phenoxy) is 2. The highest BCUT2D eigenvalue weighted by atomic mass is 19.1. The van der Waals surface area contributed by atoms with Crippen molar-refractivity contribution >= 4 is 0 Å². The van der Waals surface area contributed by atoms with E-state index in [-0.39, 0.29) is 23.4 Å². The predicted molar refractivity (Wildman–Crippen MR) is 67.7 cm³/mol. The Morgan fingerprint density at radius 2 is 1.59 bits per heavy atom. The fourth-order valence-electron chi connectivity index (χ4n) is 2.05. The first-order chi connectivity index (χ1) is 7.93. The summed E-state index contributed by atoms with van der Waals surface area (Å²) in [5, 5.41) is 0. The summed E-state index contributed by atoms with van der Waals surface area (Å²) in [7, 11) is 2.98. The molecule has 0 heterocycles. The Kier molecular flexibility index (Phi) is 4.38. The fourth-order valence-corrected chi connectivity index (χ4v) is 2.05. The first-order valence-electron chi connectivity index (χ1n) is 5.88. The number of hydrogen-bond acceptors (Lipinski definition) is 2. The van der Waals surface area contributed by atoms with Gasteiger partial charge < -0.3 is 9.47 Å². The van der Waals surface area contributed by atoms with Crippen LogP contribution in [0.1, 0.15) is 50.7 Å². The molecule has 0 amide bonds. The molecule has 1 aromatic rings. The molecule has 0 fully saturated rings. The molecule has 0 bridgehead atoms. The van der Waals surface area contributed by atoms with Gasteiger partial charge in [0.1, 0.15) is 0 Å². The average Bonchev–Trinajstić information content (AvgIpc) is 2.26. The summed E-state index contributed by atoms with van der Waals surface area (Å²) in [5.41, 5.74) is 1.70. The van der Waals surface area contributed by atoms with E-state index in [4.69, 9.17) is 9.47 Å². The van der Waals surface area contributed by atoms with Gasteiger partial charge in [-0.3, -0.25) is 0 Å². The third-order valence-electron chi connectivity index (χ3n) is 2.88. The molecular weight excluding hydrogens is 219 g/mol. The standard InChI is InChI=1S/C14H21FO2/c1-8(2)10-7-11(16-5)14(17-6)13(15)12(10)9(3)4/h7-9H,1-6H3. The number of rotatable bonds is 4. The lowest BCUT2D eigenvalue weighted by atomic mass is 9.89. The Bertz CT molecular complexity index is 398. The molecule has 0 aliphatic heterocycles. The lowest BCUT2D eigenvalue weighted by Crippen LogP contribution is -2.06. The lowest BCUT2D eigenvalue weighted by molar-refractivity contribution is 0.334. The molecule has 0 N–H and O–H groups in total. The van der Waals surface area contributed by atoms with Crippen LogP contribution < -0.4 is 9.47 Å². The summed E-state index contributed by atoms with van der Waals surface area (Å²) in [5.74, 6) is 0.721. The van der Waals surface area contributed by atoms with Crippen molar-refractivity contribution in [1.82, 2.24) is 0 Å². The van der Waals surface area contributed by atoms with Gasteiger partial charge in [-0.2, -0.15) is 0 Å². The SMILES string of the molecule is COc1cc(C(C)C)c(C(C)C)c(F)c1OC. The first kappa shape index (κ1) is 13.8. The van der Waals surface area contributed by atoms with E-state index in [1.165, 1.54) is 14.2 Å². The van der Waals surface area contributed by atoms with Crippen LogP contribution in [0.3, 0.4) is 0 Å². The normalized spacial score (nSPS) is 11.1. The van der Waals surface area contributed by atoms with Crippen LogP contribution in [0, 0.1) is 5.82 Å². The van der Waals surface area contributed by atoms with Gasteiger partial charge in [0.25, 0.3) is 0 Å². The quantitative estimate of drug-likeness (QED) is 0.789. The number of benzene rings is 1. The first-order valence-corrected chi connectivity index (χ1v) is 5.88. The molecule has 96 valence electrons. The van der Waals surface area contributed by atoms with E-state index in [2.05, 4.69) is 0 Å². The number of halogens is 1. The molecule has 0 radical (unpaired) electrons. The second kappa shape index (κ2) is 5.39. The molecular formula is C14H21FO2. The molecule has 0 unspecified atom stereocenters. The summed E-state index contributed by atoms with van der Waals surface area (Å²) in [6, 6.07) is 1.88. The van der Waals surface area contributed by atoms with Crippen molar-refractivity contribution in [2.45, 2.75) is 39.5 Å². The van der Waals surface area contributed by atoms with E-state index in [1.807, 2.05) is 33.8 Å². The molecule has 0 aromatic heterocycles.